The number of nitrogens with one attached hydrogen (secondary N) is 1. The molecule has 0 aliphatic carbocycles. The lowest BCUT2D eigenvalue weighted by molar-refractivity contribution is -0.121. The first-order valence-corrected chi connectivity index (χ1v) is 8.78. The van der Waals surface area contributed by atoms with Gasteiger partial charge in [-0.15, -0.1) is 11.3 Å². The number of amides is 1. The standard InChI is InChI=1S/C16H15BrClNO2S/c1-10(11-4-2-3-5-12(11)17)19-16(21)9-6-13(20)14-7-8-15(18)22-14/h2-5,7-8,10H,6,9H2,1H3,(H,19,21). The molecule has 1 aromatic carbocycles. The molecule has 3 nitrogen and oxygen atoms in total. The van der Waals surface area contributed by atoms with Gasteiger partial charge in [0.2, 0.25) is 5.91 Å². The van der Waals surface area contributed by atoms with E-state index in [9.17, 15) is 9.59 Å². The number of carbonyl (C=O) groups excluding carboxylic acids is 2. The molecule has 0 saturated heterocycles. The molecule has 6 heteroatoms. The molecule has 1 atom stereocenters. The molecule has 0 aliphatic heterocycles. The van der Waals surface area contributed by atoms with Gasteiger partial charge in [-0.05, 0) is 30.7 Å². The Morgan fingerprint density at radius 1 is 1.23 bits per heavy atom. The van der Waals surface area contributed by atoms with Crippen LogP contribution in [0.5, 0.6) is 0 Å². The van der Waals surface area contributed by atoms with E-state index in [1.54, 1.807) is 12.1 Å². The predicted octanol–water partition coefficient (Wildman–Crippen LogP) is 5.00. The molecule has 2 rings (SSSR count). The molecule has 22 heavy (non-hydrogen) atoms. The molecule has 116 valence electrons. The summed E-state index contributed by atoms with van der Waals surface area (Å²) in [6, 6.07) is 11.0. The molecular weight excluding hydrogens is 386 g/mol. The first kappa shape index (κ1) is 17.2. The van der Waals surface area contributed by atoms with Gasteiger partial charge in [0.05, 0.1) is 15.3 Å². The number of hydrogen-bond donors (Lipinski definition) is 1. The van der Waals surface area contributed by atoms with Crippen LogP contribution in [0.2, 0.25) is 4.34 Å². The number of rotatable bonds is 6. The normalized spacial score (nSPS) is 12.0. The van der Waals surface area contributed by atoms with Gasteiger partial charge in [-0.3, -0.25) is 9.59 Å². The van der Waals surface area contributed by atoms with Gasteiger partial charge in [-0.1, -0.05) is 45.7 Å². The number of benzene rings is 1. The summed E-state index contributed by atoms with van der Waals surface area (Å²) < 4.78 is 1.53. The molecule has 2 aromatic rings. The second kappa shape index (κ2) is 7.90. The molecule has 0 bridgehead atoms. The van der Waals surface area contributed by atoms with Crippen molar-refractivity contribution in [3.63, 3.8) is 0 Å². The predicted molar refractivity (Wildman–Crippen MR) is 93.6 cm³/mol. The van der Waals surface area contributed by atoms with E-state index in [-0.39, 0.29) is 30.6 Å². The van der Waals surface area contributed by atoms with Crippen molar-refractivity contribution in [3.8, 4) is 0 Å². The van der Waals surface area contributed by atoms with Crippen LogP contribution >= 0.6 is 38.9 Å². The van der Waals surface area contributed by atoms with E-state index in [0.717, 1.165) is 10.0 Å². The maximum absolute atomic E-state index is 12.0. The van der Waals surface area contributed by atoms with Crippen molar-refractivity contribution in [2.45, 2.75) is 25.8 Å². The quantitative estimate of drug-likeness (QED) is 0.693. The highest BCUT2D eigenvalue weighted by Gasteiger charge is 2.14. The fraction of sp³-hybridized carbons (Fsp3) is 0.250. The van der Waals surface area contributed by atoms with E-state index < -0.39 is 0 Å². The second-order valence-electron chi connectivity index (χ2n) is 4.84. The molecule has 0 radical (unpaired) electrons. The van der Waals surface area contributed by atoms with Gasteiger partial charge in [0.1, 0.15) is 0 Å². The van der Waals surface area contributed by atoms with E-state index >= 15 is 0 Å². The summed E-state index contributed by atoms with van der Waals surface area (Å²) >= 11 is 10.5. The van der Waals surface area contributed by atoms with Gasteiger partial charge in [0.25, 0.3) is 0 Å². The van der Waals surface area contributed by atoms with Gasteiger partial charge < -0.3 is 5.32 Å². The Labute approximate surface area is 146 Å². The number of halogens is 2. The number of carbonyl (C=O) groups is 2. The van der Waals surface area contributed by atoms with E-state index in [2.05, 4.69) is 21.2 Å². The Kier molecular flexibility index (Phi) is 6.17. The van der Waals surface area contributed by atoms with Crippen molar-refractivity contribution in [3.05, 3.63) is 55.6 Å². The molecular formula is C16H15BrClNO2S. The van der Waals surface area contributed by atoms with Gasteiger partial charge in [0, 0.05) is 17.3 Å². The zero-order chi connectivity index (χ0) is 16.1. The Morgan fingerprint density at radius 2 is 1.95 bits per heavy atom. The second-order valence-corrected chi connectivity index (χ2v) is 7.41. The molecule has 0 spiro atoms. The molecule has 1 unspecified atom stereocenters. The van der Waals surface area contributed by atoms with Gasteiger partial charge in [-0.25, -0.2) is 0 Å². The molecule has 0 aliphatic rings. The van der Waals surface area contributed by atoms with Gasteiger partial charge in [0.15, 0.2) is 5.78 Å². The lowest BCUT2D eigenvalue weighted by atomic mass is 10.1. The molecule has 1 N–H and O–H groups in total. The molecule has 0 fully saturated rings. The fourth-order valence-electron chi connectivity index (χ4n) is 2.03. The Balaban J connectivity index is 1.85. The van der Waals surface area contributed by atoms with Gasteiger partial charge >= 0.3 is 0 Å². The average Bonchev–Trinajstić information content (AvgIpc) is 2.91. The Morgan fingerprint density at radius 3 is 2.59 bits per heavy atom. The molecule has 1 amide bonds. The van der Waals surface area contributed by atoms with Crippen LogP contribution in [-0.4, -0.2) is 11.7 Å². The average molecular weight is 401 g/mol. The summed E-state index contributed by atoms with van der Waals surface area (Å²) in [7, 11) is 0. The highest BCUT2D eigenvalue weighted by Crippen LogP contribution is 2.24. The number of hydrogen-bond acceptors (Lipinski definition) is 3. The zero-order valence-electron chi connectivity index (χ0n) is 11.9. The van der Waals surface area contributed by atoms with Crippen LogP contribution in [0, 0.1) is 0 Å². The minimum Gasteiger partial charge on any atom is -0.350 e. The third-order valence-electron chi connectivity index (χ3n) is 3.18. The minimum atomic E-state index is -0.140. The summed E-state index contributed by atoms with van der Waals surface area (Å²) in [5, 5.41) is 2.91. The third kappa shape index (κ3) is 4.66. The Hall–Kier alpha value is -1.17. The first-order valence-electron chi connectivity index (χ1n) is 6.79. The molecule has 0 saturated carbocycles. The summed E-state index contributed by atoms with van der Waals surface area (Å²) in [4.78, 5) is 24.5. The Bertz CT molecular complexity index is 686. The number of thiophene rings is 1. The molecule has 1 heterocycles. The summed E-state index contributed by atoms with van der Waals surface area (Å²) in [6.07, 6.45) is 0.356. The van der Waals surface area contributed by atoms with Crippen LogP contribution in [-0.2, 0) is 4.79 Å². The lowest BCUT2D eigenvalue weighted by Crippen LogP contribution is -2.27. The summed E-state index contributed by atoms with van der Waals surface area (Å²) in [5.41, 5.74) is 1.01. The van der Waals surface area contributed by atoms with Crippen molar-refractivity contribution >= 4 is 50.6 Å². The van der Waals surface area contributed by atoms with Crippen molar-refractivity contribution < 1.29 is 9.59 Å². The van der Waals surface area contributed by atoms with Crippen molar-refractivity contribution in [1.29, 1.82) is 0 Å². The maximum Gasteiger partial charge on any atom is 0.220 e. The lowest BCUT2D eigenvalue weighted by Gasteiger charge is -2.15. The largest absolute Gasteiger partial charge is 0.350 e. The van der Waals surface area contributed by atoms with E-state index in [1.807, 2.05) is 31.2 Å². The van der Waals surface area contributed by atoms with E-state index in [4.69, 9.17) is 11.6 Å². The summed E-state index contributed by atoms with van der Waals surface area (Å²) in [6.45, 7) is 1.92. The van der Waals surface area contributed by atoms with Crippen LogP contribution in [0.4, 0.5) is 0 Å². The zero-order valence-corrected chi connectivity index (χ0v) is 15.1. The highest BCUT2D eigenvalue weighted by atomic mass is 79.9. The first-order chi connectivity index (χ1) is 10.5. The number of Topliss-reactive ketones (excluding diaryl/α,β-unsaturated/α-hetero) is 1. The van der Waals surface area contributed by atoms with Crippen LogP contribution in [0.25, 0.3) is 0 Å². The van der Waals surface area contributed by atoms with Crippen LogP contribution in [0.15, 0.2) is 40.9 Å². The number of ketones is 1. The van der Waals surface area contributed by atoms with Crippen molar-refractivity contribution in [2.24, 2.45) is 0 Å². The van der Waals surface area contributed by atoms with Crippen LogP contribution in [0.1, 0.15) is 41.0 Å². The van der Waals surface area contributed by atoms with Crippen LogP contribution in [0.3, 0.4) is 0 Å². The maximum atomic E-state index is 12.0. The van der Waals surface area contributed by atoms with Crippen molar-refractivity contribution in [1.82, 2.24) is 5.32 Å². The van der Waals surface area contributed by atoms with Crippen LogP contribution < -0.4 is 5.32 Å². The minimum absolute atomic E-state index is 0.0550. The SMILES string of the molecule is CC(NC(=O)CCC(=O)c1ccc(Cl)s1)c1ccccc1Br. The van der Waals surface area contributed by atoms with Gasteiger partial charge in [-0.2, -0.15) is 0 Å². The summed E-state index contributed by atoms with van der Waals surface area (Å²) in [5.74, 6) is -0.195. The highest BCUT2D eigenvalue weighted by molar-refractivity contribution is 9.10. The monoisotopic (exact) mass is 399 g/mol. The van der Waals surface area contributed by atoms with Crippen molar-refractivity contribution in [2.75, 3.05) is 0 Å². The van der Waals surface area contributed by atoms with E-state index in [1.165, 1.54) is 11.3 Å². The van der Waals surface area contributed by atoms with E-state index in [0.29, 0.717) is 9.21 Å². The third-order valence-corrected chi connectivity index (χ3v) is 5.17. The smallest absolute Gasteiger partial charge is 0.220 e. The topological polar surface area (TPSA) is 46.2 Å². The molecule has 1 aromatic heterocycles. The fourth-order valence-corrected chi connectivity index (χ4v) is 3.67.